The summed E-state index contributed by atoms with van der Waals surface area (Å²) in [5, 5.41) is 3.54. The van der Waals surface area contributed by atoms with Crippen LogP contribution in [0.5, 0.6) is 5.75 Å². The van der Waals surface area contributed by atoms with Crippen LogP contribution >= 0.6 is 15.9 Å². The summed E-state index contributed by atoms with van der Waals surface area (Å²) in [6.45, 7) is 6.16. The molecule has 1 fully saturated rings. The Bertz CT molecular complexity index is 413. The second kappa shape index (κ2) is 8.01. The highest BCUT2D eigenvalue weighted by atomic mass is 79.9. The van der Waals surface area contributed by atoms with Gasteiger partial charge in [0.25, 0.3) is 0 Å². The van der Waals surface area contributed by atoms with Crippen LogP contribution in [-0.2, 0) is 4.74 Å². The van der Waals surface area contributed by atoms with Crippen molar-refractivity contribution in [2.24, 2.45) is 0 Å². The van der Waals surface area contributed by atoms with Gasteiger partial charge in [0.15, 0.2) is 0 Å². The van der Waals surface area contributed by atoms with E-state index in [9.17, 15) is 0 Å². The normalized spacial score (nSPS) is 25.2. The van der Waals surface area contributed by atoms with Gasteiger partial charge in [-0.25, -0.2) is 0 Å². The van der Waals surface area contributed by atoms with Gasteiger partial charge in [-0.3, -0.25) is 0 Å². The molecule has 0 radical (unpaired) electrons. The molecule has 0 bridgehead atoms. The maximum absolute atomic E-state index is 6.06. The zero-order valence-electron chi connectivity index (χ0n) is 12.3. The van der Waals surface area contributed by atoms with E-state index in [-0.39, 0.29) is 12.2 Å². The van der Waals surface area contributed by atoms with Crippen LogP contribution in [0.1, 0.15) is 33.1 Å². The van der Waals surface area contributed by atoms with Gasteiger partial charge >= 0.3 is 0 Å². The quantitative estimate of drug-likeness (QED) is 0.780. The molecule has 0 amide bonds. The van der Waals surface area contributed by atoms with Crippen molar-refractivity contribution < 1.29 is 9.47 Å². The van der Waals surface area contributed by atoms with Crippen LogP contribution in [0, 0.1) is 0 Å². The third kappa shape index (κ3) is 4.21. The molecule has 1 N–H and O–H groups in total. The van der Waals surface area contributed by atoms with Gasteiger partial charge in [0.2, 0.25) is 0 Å². The molecule has 2 rings (SSSR count). The number of hydrogen-bond donors (Lipinski definition) is 1. The molecule has 3 atom stereocenters. The Labute approximate surface area is 130 Å². The van der Waals surface area contributed by atoms with E-state index in [1.807, 2.05) is 24.3 Å². The van der Waals surface area contributed by atoms with Gasteiger partial charge in [-0.05, 0) is 37.6 Å². The van der Waals surface area contributed by atoms with Crippen molar-refractivity contribution in [2.75, 3.05) is 13.2 Å². The third-order valence-corrected chi connectivity index (χ3v) is 4.00. The minimum atomic E-state index is 0.158. The van der Waals surface area contributed by atoms with Gasteiger partial charge in [-0.2, -0.15) is 0 Å². The molecule has 1 aromatic carbocycles. The summed E-state index contributed by atoms with van der Waals surface area (Å²) < 4.78 is 13.1. The maximum Gasteiger partial charge on any atom is 0.128 e. The van der Waals surface area contributed by atoms with Crippen molar-refractivity contribution in [3.8, 4) is 5.75 Å². The highest BCUT2D eigenvalue weighted by Gasteiger charge is 2.43. The lowest BCUT2D eigenvalue weighted by Crippen LogP contribution is -2.61. The van der Waals surface area contributed by atoms with E-state index in [1.54, 1.807) is 0 Å². The van der Waals surface area contributed by atoms with Crippen LogP contribution in [0.4, 0.5) is 0 Å². The number of rotatable bonds is 8. The number of ether oxygens (including phenoxy) is 2. The molecule has 1 aliphatic rings. The fraction of sp³-hybridized carbons (Fsp3) is 0.625. The molecule has 1 saturated carbocycles. The first-order chi connectivity index (χ1) is 9.74. The zero-order chi connectivity index (χ0) is 14.4. The molecule has 112 valence electrons. The van der Waals surface area contributed by atoms with Gasteiger partial charge in [0.05, 0.1) is 0 Å². The summed E-state index contributed by atoms with van der Waals surface area (Å²) in [6, 6.07) is 8.42. The molecule has 0 saturated heterocycles. The highest BCUT2D eigenvalue weighted by Crippen LogP contribution is 2.30. The first kappa shape index (κ1) is 15.8. The molecule has 1 aliphatic carbocycles. The summed E-state index contributed by atoms with van der Waals surface area (Å²) in [5.41, 5.74) is 0. The van der Waals surface area contributed by atoms with Crippen molar-refractivity contribution in [3.05, 3.63) is 28.7 Å². The molecule has 4 heteroatoms. The zero-order valence-corrected chi connectivity index (χ0v) is 13.9. The van der Waals surface area contributed by atoms with Gasteiger partial charge in [0.1, 0.15) is 18.0 Å². The second-order valence-electron chi connectivity index (χ2n) is 5.25. The van der Waals surface area contributed by atoms with Crippen molar-refractivity contribution >= 4 is 15.9 Å². The Balaban J connectivity index is 1.90. The summed E-state index contributed by atoms with van der Waals surface area (Å²) in [6.07, 6.45) is 3.53. The molecule has 3 unspecified atom stereocenters. The average Bonchev–Trinajstić information content (AvgIpc) is 2.42. The van der Waals surface area contributed by atoms with Crippen molar-refractivity contribution in [2.45, 2.75) is 51.4 Å². The summed E-state index contributed by atoms with van der Waals surface area (Å²) in [7, 11) is 0. The molecule has 0 heterocycles. The molecule has 20 heavy (non-hydrogen) atoms. The van der Waals surface area contributed by atoms with Gasteiger partial charge in [-0.15, -0.1) is 0 Å². The van der Waals surface area contributed by atoms with Crippen LogP contribution in [0.15, 0.2) is 28.7 Å². The lowest BCUT2D eigenvalue weighted by Gasteiger charge is -2.44. The first-order valence-electron chi connectivity index (χ1n) is 7.51. The largest absolute Gasteiger partial charge is 0.488 e. The summed E-state index contributed by atoms with van der Waals surface area (Å²) >= 11 is 3.47. The standard InChI is InChI=1S/C16H24BrNO2/c1-3-8-18-14-11-15(16(14)19-9-4-2)20-13-7-5-6-12(17)10-13/h5-7,10,14-16,18H,3-4,8-9,11H2,1-2H3. The molecule has 1 aromatic rings. The van der Waals surface area contributed by atoms with E-state index in [4.69, 9.17) is 9.47 Å². The smallest absolute Gasteiger partial charge is 0.128 e. The van der Waals surface area contributed by atoms with Crippen LogP contribution in [0.3, 0.4) is 0 Å². The Morgan fingerprint density at radius 3 is 2.85 bits per heavy atom. The van der Waals surface area contributed by atoms with Crippen LogP contribution < -0.4 is 10.1 Å². The molecule has 0 aliphatic heterocycles. The van der Waals surface area contributed by atoms with E-state index in [2.05, 4.69) is 35.1 Å². The van der Waals surface area contributed by atoms with Gasteiger partial charge in [0, 0.05) is 23.5 Å². The number of benzene rings is 1. The molecule has 0 aromatic heterocycles. The minimum absolute atomic E-state index is 0.158. The van der Waals surface area contributed by atoms with Crippen LogP contribution in [-0.4, -0.2) is 31.4 Å². The van der Waals surface area contributed by atoms with Crippen LogP contribution in [0.2, 0.25) is 0 Å². The summed E-state index contributed by atoms with van der Waals surface area (Å²) in [4.78, 5) is 0. The highest BCUT2D eigenvalue weighted by molar-refractivity contribution is 9.10. The molecule has 3 nitrogen and oxygen atoms in total. The van der Waals surface area contributed by atoms with Gasteiger partial charge in [-0.1, -0.05) is 35.8 Å². The van der Waals surface area contributed by atoms with Crippen LogP contribution in [0.25, 0.3) is 0 Å². The van der Waals surface area contributed by atoms with E-state index >= 15 is 0 Å². The van der Waals surface area contributed by atoms with E-state index in [0.717, 1.165) is 42.6 Å². The second-order valence-corrected chi connectivity index (χ2v) is 6.16. The Morgan fingerprint density at radius 1 is 1.30 bits per heavy atom. The van der Waals surface area contributed by atoms with E-state index in [1.165, 1.54) is 0 Å². The van der Waals surface area contributed by atoms with Crippen molar-refractivity contribution in [3.63, 3.8) is 0 Å². The molecular weight excluding hydrogens is 318 g/mol. The third-order valence-electron chi connectivity index (χ3n) is 3.50. The monoisotopic (exact) mass is 341 g/mol. The van der Waals surface area contributed by atoms with Crippen molar-refractivity contribution in [1.29, 1.82) is 0 Å². The fourth-order valence-corrected chi connectivity index (χ4v) is 2.80. The summed E-state index contributed by atoms with van der Waals surface area (Å²) in [5.74, 6) is 0.906. The van der Waals surface area contributed by atoms with E-state index < -0.39 is 0 Å². The number of nitrogens with one attached hydrogen (secondary N) is 1. The lowest BCUT2D eigenvalue weighted by molar-refractivity contribution is -0.107. The molecule has 0 spiro atoms. The minimum Gasteiger partial charge on any atom is -0.488 e. The molecular formula is C16H24BrNO2. The lowest BCUT2D eigenvalue weighted by atomic mass is 9.85. The fourth-order valence-electron chi connectivity index (χ4n) is 2.42. The predicted molar refractivity (Wildman–Crippen MR) is 85.3 cm³/mol. The van der Waals surface area contributed by atoms with Gasteiger partial charge < -0.3 is 14.8 Å². The predicted octanol–water partition coefficient (Wildman–Crippen LogP) is 3.76. The van der Waals surface area contributed by atoms with Crippen molar-refractivity contribution in [1.82, 2.24) is 5.32 Å². The maximum atomic E-state index is 6.06. The topological polar surface area (TPSA) is 30.5 Å². The Kier molecular flexibility index (Phi) is 6.33. The van der Waals surface area contributed by atoms with E-state index in [0.29, 0.717) is 6.04 Å². The first-order valence-corrected chi connectivity index (χ1v) is 8.31. The number of halogens is 1. The SMILES string of the molecule is CCCNC1CC(Oc2cccc(Br)c2)C1OCCC. The Hall–Kier alpha value is -0.580. The average molecular weight is 342 g/mol. The number of hydrogen-bond acceptors (Lipinski definition) is 3. The Morgan fingerprint density at radius 2 is 2.15 bits per heavy atom.